The first-order valence-corrected chi connectivity index (χ1v) is 5.17. The molecule has 0 aliphatic rings. The fraction of sp³-hybridized carbons (Fsp3) is 0.231. The molecule has 0 spiro atoms. The summed E-state index contributed by atoms with van der Waals surface area (Å²) >= 11 is 0. The van der Waals surface area contributed by atoms with Crippen molar-refractivity contribution in [2.24, 2.45) is 5.73 Å². The van der Waals surface area contributed by atoms with Gasteiger partial charge in [0.25, 0.3) is 0 Å². The summed E-state index contributed by atoms with van der Waals surface area (Å²) in [7, 11) is 1.27. The lowest BCUT2D eigenvalue weighted by molar-refractivity contribution is -0.137. The molecule has 0 saturated heterocycles. The summed E-state index contributed by atoms with van der Waals surface area (Å²) in [6.07, 6.45) is 1.48. The number of rotatable bonds is 4. The minimum Gasteiger partial charge on any atom is -0.466 e. The molecule has 1 aromatic rings. The second-order valence-corrected chi connectivity index (χ2v) is 3.71. The van der Waals surface area contributed by atoms with Gasteiger partial charge >= 0.3 is 5.97 Å². The van der Waals surface area contributed by atoms with Gasteiger partial charge < -0.3 is 10.5 Å². The topological polar surface area (TPSA) is 69.4 Å². The van der Waals surface area contributed by atoms with E-state index in [2.05, 4.69) is 4.74 Å². The Kier molecular flexibility index (Phi) is 4.46. The van der Waals surface area contributed by atoms with Crippen LogP contribution in [0.5, 0.6) is 0 Å². The van der Waals surface area contributed by atoms with E-state index in [1.165, 1.54) is 7.11 Å². The standard InChI is InChI=1S/C13H15NO3/c1-9-3-5-10(6-4-9)7-11(8-12(14)15)13(16)17-2/h3-7H,8H2,1-2H3,(H2,14,15)/b11-7-. The maximum atomic E-state index is 11.4. The Balaban J connectivity index is 3.00. The summed E-state index contributed by atoms with van der Waals surface area (Å²) in [5.41, 5.74) is 7.28. The van der Waals surface area contributed by atoms with E-state index in [4.69, 9.17) is 5.73 Å². The van der Waals surface area contributed by atoms with Crippen molar-refractivity contribution in [2.75, 3.05) is 7.11 Å². The molecule has 1 amide bonds. The number of benzene rings is 1. The number of ether oxygens (including phenoxy) is 1. The lowest BCUT2D eigenvalue weighted by Crippen LogP contribution is -2.16. The zero-order chi connectivity index (χ0) is 12.8. The van der Waals surface area contributed by atoms with Crippen LogP contribution in [0.1, 0.15) is 17.5 Å². The van der Waals surface area contributed by atoms with E-state index in [9.17, 15) is 9.59 Å². The number of esters is 1. The summed E-state index contributed by atoms with van der Waals surface area (Å²) in [6.45, 7) is 1.97. The molecule has 0 atom stereocenters. The first kappa shape index (κ1) is 13.0. The van der Waals surface area contributed by atoms with Gasteiger partial charge in [0.1, 0.15) is 0 Å². The lowest BCUT2D eigenvalue weighted by Gasteiger charge is -2.03. The summed E-state index contributed by atoms with van der Waals surface area (Å²) in [4.78, 5) is 22.3. The molecule has 1 rings (SSSR count). The maximum Gasteiger partial charge on any atom is 0.334 e. The maximum absolute atomic E-state index is 11.4. The van der Waals surface area contributed by atoms with Gasteiger partial charge in [-0.3, -0.25) is 4.79 Å². The van der Waals surface area contributed by atoms with Crippen molar-refractivity contribution in [1.82, 2.24) is 0 Å². The van der Waals surface area contributed by atoms with Crippen LogP contribution in [0.3, 0.4) is 0 Å². The number of methoxy groups -OCH3 is 1. The number of amides is 1. The number of carbonyl (C=O) groups excluding carboxylic acids is 2. The van der Waals surface area contributed by atoms with Crippen LogP contribution >= 0.6 is 0 Å². The number of hydrogen-bond donors (Lipinski definition) is 1. The van der Waals surface area contributed by atoms with E-state index in [-0.39, 0.29) is 12.0 Å². The predicted octanol–water partition coefficient (Wildman–Crippen LogP) is 1.43. The SMILES string of the molecule is COC(=O)/C(=C\c1ccc(C)cc1)CC(N)=O. The Bertz CT molecular complexity index is 446. The predicted molar refractivity (Wildman–Crippen MR) is 65.0 cm³/mol. The molecule has 2 N–H and O–H groups in total. The van der Waals surface area contributed by atoms with Gasteiger partial charge in [-0.2, -0.15) is 0 Å². The molecular weight excluding hydrogens is 218 g/mol. The van der Waals surface area contributed by atoms with Crippen LogP contribution in [0.15, 0.2) is 29.8 Å². The van der Waals surface area contributed by atoms with Gasteiger partial charge in [0, 0.05) is 5.57 Å². The van der Waals surface area contributed by atoms with Gasteiger partial charge in [-0.05, 0) is 18.6 Å². The fourth-order valence-corrected chi connectivity index (χ4v) is 1.36. The highest BCUT2D eigenvalue weighted by atomic mass is 16.5. The van der Waals surface area contributed by atoms with Crippen molar-refractivity contribution < 1.29 is 14.3 Å². The normalized spacial score (nSPS) is 11.1. The smallest absolute Gasteiger partial charge is 0.334 e. The van der Waals surface area contributed by atoms with Crippen LogP contribution in [-0.2, 0) is 14.3 Å². The summed E-state index contributed by atoms with van der Waals surface area (Å²) in [5, 5.41) is 0. The molecule has 0 fully saturated rings. The zero-order valence-corrected chi connectivity index (χ0v) is 9.90. The molecule has 4 nitrogen and oxygen atoms in total. The van der Waals surface area contributed by atoms with Crippen LogP contribution in [0.2, 0.25) is 0 Å². The third kappa shape index (κ3) is 4.10. The Morgan fingerprint density at radius 2 is 1.88 bits per heavy atom. The Hall–Kier alpha value is -2.10. The average Bonchev–Trinajstić information content (AvgIpc) is 2.29. The minimum absolute atomic E-state index is 0.124. The first-order chi connectivity index (χ1) is 8.02. The number of hydrogen-bond acceptors (Lipinski definition) is 3. The van der Waals surface area contributed by atoms with Crippen LogP contribution in [-0.4, -0.2) is 19.0 Å². The number of aryl methyl sites for hydroxylation is 1. The molecule has 0 radical (unpaired) electrons. The summed E-state index contributed by atoms with van der Waals surface area (Å²) < 4.78 is 4.59. The van der Waals surface area contributed by atoms with Crippen molar-refractivity contribution in [3.8, 4) is 0 Å². The van der Waals surface area contributed by atoms with Gasteiger partial charge in [-0.25, -0.2) is 4.79 Å². The van der Waals surface area contributed by atoms with Crippen LogP contribution < -0.4 is 5.73 Å². The van der Waals surface area contributed by atoms with Crippen LogP contribution in [0.25, 0.3) is 6.08 Å². The second-order valence-electron chi connectivity index (χ2n) is 3.71. The van der Waals surface area contributed by atoms with E-state index < -0.39 is 11.9 Å². The van der Waals surface area contributed by atoms with Crippen molar-refractivity contribution in [2.45, 2.75) is 13.3 Å². The Morgan fingerprint density at radius 3 is 2.35 bits per heavy atom. The number of nitrogens with two attached hydrogens (primary N) is 1. The van der Waals surface area contributed by atoms with Gasteiger partial charge in [0.05, 0.1) is 13.5 Å². The Labute approximate surface area is 100 Å². The van der Waals surface area contributed by atoms with E-state index in [0.717, 1.165) is 11.1 Å². The van der Waals surface area contributed by atoms with Crippen molar-refractivity contribution in [3.05, 3.63) is 41.0 Å². The molecule has 0 aliphatic heterocycles. The van der Waals surface area contributed by atoms with Crippen molar-refractivity contribution >= 4 is 18.0 Å². The monoisotopic (exact) mass is 233 g/mol. The highest BCUT2D eigenvalue weighted by Crippen LogP contribution is 2.12. The third-order valence-corrected chi connectivity index (χ3v) is 2.23. The average molecular weight is 233 g/mol. The molecule has 0 unspecified atom stereocenters. The first-order valence-electron chi connectivity index (χ1n) is 5.17. The van der Waals surface area contributed by atoms with E-state index in [1.807, 2.05) is 31.2 Å². The molecule has 0 saturated carbocycles. The molecule has 90 valence electrons. The molecule has 17 heavy (non-hydrogen) atoms. The fourth-order valence-electron chi connectivity index (χ4n) is 1.36. The second kappa shape index (κ2) is 5.84. The zero-order valence-electron chi connectivity index (χ0n) is 9.90. The molecule has 0 aliphatic carbocycles. The number of primary amides is 1. The molecule has 0 aromatic heterocycles. The van der Waals surface area contributed by atoms with E-state index in [1.54, 1.807) is 6.08 Å². The Morgan fingerprint density at radius 1 is 1.29 bits per heavy atom. The molecule has 1 aromatic carbocycles. The highest BCUT2D eigenvalue weighted by Gasteiger charge is 2.12. The molecule has 4 heteroatoms. The summed E-state index contributed by atoms with van der Waals surface area (Å²) in [5.74, 6) is -1.10. The van der Waals surface area contributed by atoms with Crippen molar-refractivity contribution in [1.29, 1.82) is 0 Å². The highest BCUT2D eigenvalue weighted by molar-refractivity contribution is 5.98. The van der Waals surface area contributed by atoms with Crippen LogP contribution in [0.4, 0.5) is 0 Å². The molecule has 0 bridgehead atoms. The summed E-state index contributed by atoms with van der Waals surface area (Å²) in [6, 6.07) is 7.56. The van der Waals surface area contributed by atoms with Gasteiger partial charge in [0.2, 0.25) is 5.91 Å². The molecule has 0 heterocycles. The van der Waals surface area contributed by atoms with E-state index >= 15 is 0 Å². The van der Waals surface area contributed by atoms with E-state index in [0.29, 0.717) is 0 Å². The lowest BCUT2D eigenvalue weighted by atomic mass is 10.1. The largest absolute Gasteiger partial charge is 0.466 e. The van der Waals surface area contributed by atoms with Gasteiger partial charge in [-0.15, -0.1) is 0 Å². The molecular formula is C13H15NO3. The van der Waals surface area contributed by atoms with Gasteiger partial charge in [-0.1, -0.05) is 29.8 Å². The minimum atomic E-state index is -0.561. The third-order valence-electron chi connectivity index (χ3n) is 2.23. The quantitative estimate of drug-likeness (QED) is 0.631. The van der Waals surface area contributed by atoms with Gasteiger partial charge in [0.15, 0.2) is 0 Å². The number of carbonyl (C=O) groups is 2. The van der Waals surface area contributed by atoms with Crippen LogP contribution in [0, 0.1) is 6.92 Å². The van der Waals surface area contributed by atoms with Crippen molar-refractivity contribution in [3.63, 3.8) is 0 Å².